The molecule has 1 aliphatic heterocycles. The topological polar surface area (TPSA) is 162 Å². The summed E-state index contributed by atoms with van der Waals surface area (Å²) in [5.74, 6) is -1.86. The van der Waals surface area contributed by atoms with Gasteiger partial charge in [-0.15, -0.1) is 0 Å². The van der Waals surface area contributed by atoms with E-state index in [9.17, 15) is 29.4 Å². The van der Waals surface area contributed by atoms with Gasteiger partial charge in [0.25, 0.3) is 0 Å². The normalized spacial score (nSPS) is 18.3. The lowest BCUT2D eigenvalue weighted by Crippen LogP contribution is -2.56. The van der Waals surface area contributed by atoms with E-state index < -0.39 is 47.9 Å². The molecule has 0 saturated carbocycles. The number of aliphatic carboxylic acids is 1. The Bertz CT molecular complexity index is 850. The first-order valence-corrected chi connectivity index (χ1v) is 12.2. The number of carbonyl (C=O) groups excluding carboxylic acids is 3. The average molecular weight is 481 g/mol. The van der Waals surface area contributed by atoms with Gasteiger partial charge in [-0.25, -0.2) is 4.79 Å². The van der Waals surface area contributed by atoms with Gasteiger partial charge in [0.2, 0.25) is 17.7 Å². The standard InChI is InChI=1S/C22H32N4O6S/c1-13(24-19(28)16(23)12-14-5-7-15(27)8-6-14)21(30)26-10-3-4-18(26)20(29)25-17(22(31)32)9-11-33-2/h5-8,13,16-18,27H,3-4,9-12,23H2,1-2H3,(H,24,28)(H,25,29)(H,31,32). The van der Waals surface area contributed by atoms with Gasteiger partial charge in [-0.1, -0.05) is 12.1 Å². The maximum Gasteiger partial charge on any atom is 0.326 e. The van der Waals surface area contributed by atoms with Crippen LogP contribution in [0.25, 0.3) is 0 Å². The van der Waals surface area contributed by atoms with Crippen molar-refractivity contribution in [3.63, 3.8) is 0 Å². The Morgan fingerprint density at radius 3 is 2.48 bits per heavy atom. The minimum atomic E-state index is -1.11. The van der Waals surface area contributed by atoms with Crippen molar-refractivity contribution in [1.29, 1.82) is 0 Å². The molecule has 1 saturated heterocycles. The molecule has 1 aromatic rings. The van der Waals surface area contributed by atoms with Gasteiger partial charge in [-0.2, -0.15) is 11.8 Å². The van der Waals surface area contributed by atoms with E-state index in [1.54, 1.807) is 12.1 Å². The molecule has 0 aromatic heterocycles. The van der Waals surface area contributed by atoms with Gasteiger partial charge in [-0.3, -0.25) is 14.4 Å². The summed E-state index contributed by atoms with van der Waals surface area (Å²) >= 11 is 1.48. The molecule has 0 aliphatic carbocycles. The van der Waals surface area contributed by atoms with Crippen molar-refractivity contribution in [2.75, 3.05) is 18.6 Å². The minimum Gasteiger partial charge on any atom is -0.508 e. The number of phenols is 1. The van der Waals surface area contributed by atoms with E-state index in [-0.39, 0.29) is 18.6 Å². The first-order valence-electron chi connectivity index (χ1n) is 10.8. The monoisotopic (exact) mass is 480 g/mol. The average Bonchev–Trinajstić information content (AvgIpc) is 3.27. The second-order valence-corrected chi connectivity index (χ2v) is 9.06. The zero-order valence-corrected chi connectivity index (χ0v) is 19.6. The van der Waals surface area contributed by atoms with Gasteiger partial charge < -0.3 is 31.5 Å². The van der Waals surface area contributed by atoms with E-state index in [1.165, 1.54) is 35.7 Å². The molecule has 0 radical (unpaired) electrons. The van der Waals surface area contributed by atoms with Crippen LogP contribution in [0.15, 0.2) is 24.3 Å². The van der Waals surface area contributed by atoms with Crippen LogP contribution in [0.5, 0.6) is 5.75 Å². The van der Waals surface area contributed by atoms with Crippen molar-refractivity contribution in [2.45, 2.75) is 56.8 Å². The van der Waals surface area contributed by atoms with Crippen LogP contribution in [0, 0.1) is 0 Å². The van der Waals surface area contributed by atoms with Crippen LogP contribution in [0.2, 0.25) is 0 Å². The lowest BCUT2D eigenvalue weighted by atomic mass is 10.1. The largest absolute Gasteiger partial charge is 0.508 e. The number of carboxylic acids is 1. The summed E-state index contributed by atoms with van der Waals surface area (Å²) in [7, 11) is 0. The molecule has 1 aliphatic rings. The van der Waals surface area contributed by atoms with Crippen molar-refractivity contribution in [3.8, 4) is 5.75 Å². The van der Waals surface area contributed by atoms with E-state index >= 15 is 0 Å². The van der Waals surface area contributed by atoms with Gasteiger partial charge >= 0.3 is 5.97 Å². The first-order chi connectivity index (χ1) is 15.6. The summed E-state index contributed by atoms with van der Waals surface area (Å²) in [5, 5.41) is 23.8. The summed E-state index contributed by atoms with van der Waals surface area (Å²) in [4.78, 5) is 51.0. The van der Waals surface area contributed by atoms with Crippen LogP contribution in [0.1, 0.15) is 31.7 Å². The van der Waals surface area contributed by atoms with Gasteiger partial charge in [0.1, 0.15) is 23.9 Å². The highest BCUT2D eigenvalue weighted by molar-refractivity contribution is 7.98. The van der Waals surface area contributed by atoms with Crippen LogP contribution in [-0.2, 0) is 25.6 Å². The molecule has 3 amide bonds. The van der Waals surface area contributed by atoms with Crippen LogP contribution >= 0.6 is 11.8 Å². The predicted molar refractivity (Wildman–Crippen MR) is 125 cm³/mol. The SMILES string of the molecule is CSCCC(NC(=O)C1CCCN1C(=O)C(C)NC(=O)C(N)Cc1ccc(O)cc1)C(=O)O. The van der Waals surface area contributed by atoms with Gasteiger partial charge in [-0.05, 0) is 62.3 Å². The molecule has 1 aromatic carbocycles. The number of benzene rings is 1. The Morgan fingerprint density at radius 1 is 1.21 bits per heavy atom. The number of phenolic OH excluding ortho intramolecular Hbond substituents is 1. The van der Waals surface area contributed by atoms with E-state index in [1.807, 2.05) is 6.26 Å². The van der Waals surface area contributed by atoms with Crippen molar-refractivity contribution < 1.29 is 29.4 Å². The Morgan fingerprint density at radius 2 is 1.88 bits per heavy atom. The summed E-state index contributed by atoms with van der Waals surface area (Å²) in [5.41, 5.74) is 6.73. The molecule has 33 heavy (non-hydrogen) atoms. The fourth-order valence-electron chi connectivity index (χ4n) is 3.67. The lowest BCUT2D eigenvalue weighted by Gasteiger charge is -2.28. The number of amides is 3. The van der Waals surface area contributed by atoms with Gasteiger partial charge in [0.05, 0.1) is 6.04 Å². The number of carboxylic acid groups (broad SMARTS) is 1. The Hall–Kier alpha value is -2.79. The molecule has 4 unspecified atom stereocenters. The number of thioether (sulfide) groups is 1. The number of nitrogens with one attached hydrogen (secondary N) is 2. The highest BCUT2D eigenvalue weighted by atomic mass is 32.2. The zero-order valence-electron chi connectivity index (χ0n) is 18.8. The molecule has 1 fully saturated rings. The third kappa shape index (κ3) is 7.64. The first kappa shape index (κ1) is 26.5. The summed E-state index contributed by atoms with van der Waals surface area (Å²) in [6, 6.07) is 2.73. The zero-order chi connectivity index (χ0) is 24.5. The maximum atomic E-state index is 12.9. The highest BCUT2D eigenvalue weighted by Gasteiger charge is 2.37. The second-order valence-electron chi connectivity index (χ2n) is 8.08. The van der Waals surface area contributed by atoms with E-state index in [0.717, 1.165) is 5.56 Å². The number of carbonyl (C=O) groups is 4. The van der Waals surface area contributed by atoms with Crippen LogP contribution in [-0.4, -0.2) is 81.5 Å². The molecule has 10 nitrogen and oxygen atoms in total. The van der Waals surface area contributed by atoms with Gasteiger partial charge in [0, 0.05) is 6.54 Å². The molecular formula is C22H32N4O6S. The lowest BCUT2D eigenvalue weighted by molar-refractivity contribution is -0.144. The predicted octanol–water partition coefficient (Wildman–Crippen LogP) is 0.0802. The smallest absolute Gasteiger partial charge is 0.326 e. The van der Waals surface area contributed by atoms with Crippen molar-refractivity contribution in [3.05, 3.63) is 29.8 Å². The number of nitrogens with zero attached hydrogens (tertiary/aromatic N) is 1. The minimum absolute atomic E-state index is 0.110. The number of aromatic hydroxyl groups is 1. The number of rotatable bonds is 11. The van der Waals surface area contributed by atoms with Crippen molar-refractivity contribution in [2.24, 2.45) is 5.73 Å². The highest BCUT2D eigenvalue weighted by Crippen LogP contribution is 2.19. The van der Waals surface area contributed by atoms with Crippen LogP contribution in [0.3, 0.4) is 0 Å². The second kappa shape index (κ2) is 12.4. The van der Waals surface area contributed by atoms with Crippen LogP contribution in [0.4, 0.5) is 0 Å². The summed E-state index contributed by atoms with van der Waals surface area (Å²) < 4.78 is 0. The number of hydrogen-bond donors (Lipinski definition) is 5. The Labute approximate surface area is 197 Å². The van der Waals surface area contributed by atoms with Crippen LogP contribution < -0.4 is 16.4 Å². The fourth-order valence-corrected chi connectivity index (χ4v) is 4.15. The molecule has 182 valence electrons. The maximum absolute atomic E-state index is 12.9. The van der Waals surface area contributed by atoms with Gasteiger partial charge in [0.15, 0.2) is 0 Å². The molecule has 4 atom stereocenters. The summed E-state index contributed by atoms with van der Waals surface area (Å²) in [6.45, 7) is 1.87. The molecule has 11 heteroatoms. The van der Waals surface area contributed by atoms with E-state index in [4.69, 9.17) is 5.73 Å². The third-order valence-electron chi connectivity index (χ3n) is 5.52. The third-order valence-corrected chi connectivity index (χ3v) is 6.17. The number of likely N-dealkylation sites (tertiary alicyclic amines) is 1. The van der Waals surface area contributed by atoms with E-state index in [0.29, 0.717) is 25.1 Å². The number of hydrogen-bond acceptors (Lipinski definition) is 7. The summed E-state index contributed by atoms with van der Waals surface area (Å²) in [6.07, 6.45) is 3.40. The van der Waals surface area contributed by atoms with Crippen molar-refractivity contribution in [1.82, 2.24) is 15.5 Å². The molecule has 6 N–H and O–H groups in total. The molecule has 1 heterocycles. The molecular weight excluding hydrogens is 448 g/mol. The Kier molecular flexibility index (Phi) is 9.98. The fraction of sp³-hybridized carbons (Fsp3) is 0.545. The quantitative estimate of drug-likeness (QED) is 0.297. The van der Waals surface area contributed by atoms with E-state index in [2.05, 4.69) is 10.6 Å². The Balaban J connectivity index is 1.94. The molecule has 0 bridgehead atoms. The molecule has 2 rings (SSSR count). The number of nitrogens with two attached hydrogens (primary N) is 1. The van der Waals surface area contributed by atoms with Crippen molar-refractivity contribution >= 4 is 35.5 Å². The molecule has 0 spiro atoms.